The van der Waals surface area contributed by atoms with Gasteiger partial charge >= 0.3 is 0 Å². The summed E-state index contributed by atoms with van der Waals surface area (Å²) in [5.74, 6) is -0.0399. The fraction of sp³-hybridized carbons (Fsp3) is 0.600. The number of rotatable bonds is 2. The molecule has 2 aliphatic heterocycles. The van der Waals surface area contributed by atoms with Gasteiger partial charge in [-0.2, -0.15) is 0 Å². The zero-order valence-corrected chi connectivity index (χ0v) is 11.5. The Kier molecular flexibility index (Phi) is 3.82. The lowest BCUT2D eigenvalue weighted by molar-refractivity contribution is 0.0932. The van der Waals surface area contributed by atoms with E-state index in [9.17, 15) is 4.39 Å². The summed E-state index contributed by atoms with van der Waals surface area (Å²) < 4.78 is 14.2. The Morgan fingerprint density at radius 2 is 2.05 bits per heavy atom. The van der Waals surface area contributed by atoms with Crippen LogP contribution >= 0.6 is 0 Å². The predicted molar refractivity (Wildman–Crippen MR) is 74.5 cm³/mol. The second-order valence-electron chi connectivity index (χ2n) is 5.43. The number of benzene rings is 1. The van der Waals surface area contributed by atoms with Gasteiger partial charge in [0.25, 0.3) is 0 Å². The maximum Gasteiger partial charge on any atom is 0.128 e. The summed E-state index contributed by atoms with van der Waals surface area (Å²) in [5.41, 5.74) is 2.04. The van der Waals surface area contributed by atoms with Crippen molar-refractivity contribution < 1.29 is 4.39 Å². The molecular formula is C15H22FN3. The zero-order valence-electron chi connectivity index (χ0n) is 11.5. The van der Waals surface area contributed by atoms with Crippen LogP contribution in [0.2, 0.25) is 0 Å². The van der Waals surface area contributed by atoms with E-state index in [1.165, 1.54) is 0 Å². The van der Waals surface area contributed by atoms with Crippen molar-refractivity contribution in [1.82, 2.24) is 15.1 Å². The molecule has 0 radical (unpaired) electrons. The van der Waals surface area contributed by atoms with Gasteiger partial charge in [0.05, 0.1) is 6.04 Å². The number of halogens is 1. The van der Waals surface area contributed by atoms with Crippen LogP contribution in [-0.4, -0.2) is 49.1 Å². The first-order valence-electron chi connectivity index (χ1n) is 7.24. The molecule has 0 saturated carbocycles. The third-order valence-corrected chi connectivity index (χ3v) is 4.42. The molecule has 0 unspecified atom stereocenters. The monoisotopic (exact) mass is 263 g/mol. The highest BCUT2D eigenvalue weighted by Gasteiger charge is 2.30. The smallest absolute Gasteiger partial charge is 0.128 e. The Morgan fingerprint density at radius 1 is 1.26 bits per heavy atom. The Balaban J connectivity index is 1.80. The molecule has 1 fully saturated rings. The highest BCUT2D eigenvalue weighted by atomic mass is 19.1. The van der Waals surface area contributed by atoms with E-state index in [0.29, 0.717) is 0 Å². The van der Waals surface area contributed by atoms with Crippen molar-refractivity contribution in [3.63, 3.8) is 0 Å². The first kappa shape index (κ1) is 13.0. The van der Waals surface area contributed by atoms with E-state index in [-0.39, 0.29) is 11.9 Å². The van der Waals surface area contributed by atoms with Crippen molar-refractivity contribution in [1.29, 1.82) is 0 Å². The molecule has 0 aliphatic carbocycles. The Hall–Kier alpha value is -0.970. The van der Waals surface area contributed by atoms with E-state index >= 15 is 0 Å². The molecule has 3 rings (SSSR count). The SMILES string of the molecule is CCN1CCN([C@H]2CNCc3cccc(F)c32)CC1. The lowest BCUT2D eigenvalue weighted by atomic mass is 9.94. The summed E-state index contributed by atoms with van der Waals surface area (Å²) in [4.78, 5) is 4.88. The number of hydrogen-bond acceptors (Lipinski definition) is 3. The molecular weight excluding hydrogens is 241 g/mol. The van der Waals surface area contributed by atoms with Gasteiger partial charge in [0.2, 0.25) is 0 Å². The third-order valence-electron chi connectivity index (χ3n) is 4.42. The quantitative estimate of drug-likeness (QED) is 0.874. The minimum Gasteiger partial charge on any atom is -0.311 e. The van der Waals surface area contributed by atoms with E-state index in [0.717, 1.165) is 56.9 Å². The van der Waals surface area contributed by atoms with Crippen LogP contribution in [0.4, 0.5) is 4.39 Å². The molecule has 1 atom stereocenters. The molecule has 0 amide bonds. The number of hydrogen-bond donors (Lipinski definition) is 1. The van der Waals surface area contributed by atoms with Crippen LogP contribution in [0.15, 0.2) is 18.2 Å². The maximum absolute atomic E-state index is 14.2. The topological polar surface area (TPSA) is 18.5 Å². The van der Waals surface area contributed by atoms with Gasteiger partial charge in [-0.15, -0.1) is 0 Å². The van der Waals surface area contributed by atoms with Crippen LogP contribution in [0.25, 0.3) is 0 Å². The maximum atomic E-state index is 14.2. The average molecular weight is 263 g/mol. The minimum atomic E-state index is -0.0399. The molecule has 1 N–H and O–H groups in total. The van der Waals surface area contributed by atoms with E-state index in [1.54, 1.807) is 6.07 Å². The summed E-state index contributed by atoms with van der Waals surface area (Å²) in [6.07, 6.45) is 0. The van der Waals surface area contributed by atoms with Gasteiger partial charge < -0.3 is 10.2 Å². The fourth-order valence-electron chi connectivity index (χ4n) is 3.26. The van der Waals surface area contributed by atoms with Gasteiger partial charge in [0, 0.05) is 44.8 Å². The summed E-state index contributed by atoms with van der Waals surface area (Å²) in [6.45, 7) is 9.22. The number of piperazine rings is 1. The lowest BCUT2D eigenvalue weighted by Gasteiger charge is -2.41. The summed E-state index contributed by atoms with van der Waals surface area (Å²) >= 11 is 0. The molecule has 2 heterocycles. The van der Waals surface area contributed by atoms with Gasteiger partial charge in [-0.3, -0.25) is 4.90 Å². The highest BCUT2D eigenvalue weighted by molar-refractivity contribution is 5.33. The van der Waals surface area contributed by atoms with Crippen LogP contribution in [0, 0.1) is 5.82 Å². The van der Waals surface area contributed by atoms with Crippen molar-refractivity contribution in [2.24, 2.45) is 0 Å². The van der Waals surface area contributed by atoms with Crippen molar-refractivity contribution in [2.75, 3.05) is 39.3 Å². The van der Waals surface area contributed by atoms with Crippen molar-refractivity contribution in [2.45, 2.75) is 19.5 Å². The molecule has 1 aromatic rings. The first-order valence-corrected chi connectivity index (χ1v) is 7.24. The molecule has 0 bridgehead atoms. The highest BCUT2D eigenvalue weighted by Crippen LogP contribution is 2.30. The van der Waals surface area contributed by atoms with Gasteiger partial charge in [0.1, 0.15) is 5.82 Å². The predicted octanol–water partition coefficient (Wildman–Crippen LogP) is 1.61. The first-order chi connectivity index (χ1) is 9.29. The van der Waals surface area contributed by atoms with E-state index in [4.69, 9.17) is 0 Å². The van der Waals surface area contributed by atoms with Crippen LogP contribution in [-0.2, 0) is 6.54 Å². The molecule has 1 saturated heterocycles. The zero-order chi connectivity index (χ0) is 13.2. The van der Waals surface area contributed by atoms with Gasteiger partial charge in [-0.05, 0) is 18.2 Å². The molecule has 104 valence electrons. The van der Waals surface area contributed by atoms with Crippen molar-refractivity contribution >= 4 is 0 Å². The molecule has 0 spiro atoms. The molecule has 3 nitrogen and oxygen atoms in total. The normalized spacial score (nSPS) is 25.3. The Morgan fingerprint density at radius 3 is 2.79 bits per heavy atom. The average Bonchev–Trinajstić information content (AvgIpc) is 2.47. The second-order valence-corrected chi connectivity index (χ2v) is 5.43. The van der Waals surface area contributed by atoms with Crippen LogP contribution in [0.1, 0.15) is 24.1 Å². The van der Waals surface area contributed by atoms with Crippen LogP contribution in [0.5, 0.6) is 0 Å². The second kappa shape index (κ2) is 5.57. The van der Waals surface area contributed by atoms with Crippen LogP contribution < -0.4 is 5.32 Å². The third kappa shape index (κ3) is 2.53. The molecule has 2 aliphatic rings. The minimum absolute atomic E-state index is 0.0399. The van der Waals surface area contributed by atoms with Crippen molar-refractivity contribution in [3.05, 3.63) is 35.1 Å². The lowest BCUT2D eigenvalue weighted by Crippen LogP contribution is -2.50. The summed E-state index contributed by atoms with van der Waals surface area (Å²) in [7, 11) is 0. The van der Waals surface area contributed by atoms with Gasteiger partial charge in [0.15, 0.2) is 0 Å². The van der Waals surface area contributed by atoms with Gasteiger partial charge in [-0.1, -0.05) is 19.1 Å². The molecule has 4 heteroatoms. The standard InChI is InChI=1S/C15H22FN3/c1-2-18-6-8-19(9-7-18)14-11-17-10-12-4-3-5-13(16)15(12)14/h3-5,14,17H,2,6-11H2,1H3/t14-/m0/s1. The van der Waals surface area contributed by atoms with Gasteiger partial charge in [-0.25, -0.2) is 4.39 Å². The van der Waals surface area contributed by atoms with Crippen LogP contribution in [0.3, 0.4) is 0 Å². The molecule has 0 aromatic heterocycles. The number of likely N-dealkylation sites (N-methyl/N-ethyl adjacent to an activating group) is 1. The number of nitrogens with one attached hydrogen (secondary N) is 1. The summed E-state index contributed by atoms with van der Waals surface area (Å²) in [5, 5.41) is 3.42. The summed E-state index contributed by atoms with van der Waals surface area (Å²) in [6, 6.07) is 5.65. The van der Waals surface area contributed by atoms with E-state index in [2.05, 4.69) is 22.0 Å². The fourth-order valence-corrected chi connectivity index (χ4v) is 3.26. The Labute approximate surface area is 114 Å². The Bertz CT molecular complexity index is 441. The number of fused-ring (bicyclic) bond motifs is 1. The number of nitrogens with zero attached hydrogens (tertiary/aromatic N) is 2. The molecule has 19 heavy (non-hydrogen) atoms. The van der Waals surface area contributed by atoms with Crippen molar-refractivity contribution in [3.8, 4) is 0 Å². The largest absolute Gasteiger partial charge is 0.311 e. The van der Waals surface area contributed by atoms with E-state index < -0.39 is 0 Å². The van der Waals surface area contributed by atoms with E-state index in [1.807, 2.05) is 12.1 Å². The molecule has 1 aromatic carbocycles.